The monoisotopic (exact) mass is 198 g/mol. The van der Waals surface area contributed by atoms with Crippen LogP contribution in [0, 0.1) is 0 Å². The number of halogens is 2. The van der Waals surface area contributed by atoms with Gasteiger partial charge >= 0.3 is 0 Å². The molecular formula is C8H4Cl2N2. The van der Waals surface area contributed by atoms with Crippen LogP contribution in [0.4, 0.5) is 0 Å². The smallest absolute Gasteiger partial charge is 0.0901 e. The highest BCUT2D eigenvalue weighted by Crippen LogP contribution is 2.27. The van der Waals surface area contributed by atoms with E-state index in [9.17, 15) is 0 Å². The van der Waals surface area contributed by atoms with Crippen molar-refractivity contribution >= 4 is 34.1 Å². The number of fused-ring (bicyclic) bond motifs is 1. The third-order valence-electron chi connectivity index (χ3n) is 1.56. The van der Waals surface area contributed by atoms with Crippen LogP contribution in [-0.4, -0.2) is 9.97 Å². The van der Waals surface area contributed by atoms with E-state index in [4.69, 9.17) is 23.2 Å². The van der Waals surface area contributed by atoms with Crippen LogP contribution in [0.3, 0.4) is 0 Å². The average molecular weight is 199 g/mol. The van der Waals surface area contributed by atoms with Gasteiger partial charge in [-0.3, -0.25) is 9.97 Å². The first-order chi connectivity index (χ1) is 5.79. The largest absolute Gasteiger partial charge is 0.262 e. The molecule has 12 heavy (non-hydrogen) atoms. The van der Waals surface area contributed by atoms with Gasteiger partial charge in [0.15, 0.2) is 0 Å². The number of rotatable bonds is 0. The lowest BCUT2D eigenvalue weighted by Crippen LogP contribution is -1.81. The summed E-state index contributed by atoms with van der Waals surface area (Å²) in [6.07, 6.45) is 4.83. The summed E-state index contributed by atoms with van der Waals surface area (Å²) < 4.78 is 0. The van der Waals surface area contributed by atoms with Crippen molar-refractivity contribution in [3.05, 3.63) is 34.7 Å². The second-order valence-corrected chi connectivity index (χ2v) is 3.10. The lowest BCUT2D eigenvalue weighted by Gasteiger charge is -1.99. The fourth-order valence-corrected chi connectivity index (χ4v) is 1.35. The number of nitrogens with zero attached hydrogens (tertiary/aromatic N) is 2. The Balaban J connectivity index is 2.91. The fraction of sp³-hybridized carbons (Fsp3) is 0. The predicted molar refractivity (Wildman–Crippen MR) is 49.6 cm³/mol. The molecule has 4 heteroatoms. The molecule has 0 amide bonds. The molecule has 2 aromatic heterocycles. The van der Waals surface area contributed by atoms with E-state index < -0.39 is 0 Å². The summed E-state index contributed by atoms with van der Waals surface area (Å²) in [7, 11) is 0. The SMILES string of the molecule is Clc1cnc2cnccc2c1Cl. The van der Waals surface area contributed by atoms with Gasteiger partial charge in [0.05, 0.1) is 21.8 Å². The summed E-state index contributed by atoms with van der Waals surface area (Å²) in [4.78, 5) is 7.98. The molecular weight excluding hydrogens is 195 g/mol. The highest BCUT2D eigenvalue weighted by Gasteiger charge is 2.03. The molecule has 0 unspecified atom stereocenters. The summed E-state index contributed by atoms with van der Waals surface area (Å²) in [6, 6.07) is 1.79. The third kappa shape index (κ3) is 1.13. The van der Waals surface area contributed by atoms with Crippen molar-refractivity contribution in [1.82, 2.24) is 9.97 Å². The van der Waals surface area contributed by atoms with Gasteiger partial charge in [0.25, 0.3) is 0 Å². The summed E-state index contributed by atoms with van der Waals surface area (Å²) in [5, 5.41) is 1.83. The molecule has 0 saturated heterocycles. The topological polar surface area (TPSA) is 25.8 Å². The van der Waals surface area contributed by atoms with E-state index in [1.165, 1.54) is 6.20 Å². The Morgan fingerprint density at radius 2 is 2.00 bits per heavy atom. The third-order valence-corrected chi connectivity index (χ3v) is 2.35. The Morgan fingerprint density at radius 1 is 1.17 bits per heavy atom. The normalized spacial score (nSPS) is 10.5. The van der Waals surface area contributed by atoms with E-state index in [2.05, 4.69) is 9.97 Å². The Morgan fingerprint density at radius 3 is 2.83 bits per heavy atom. The van der Waals surface area contributed by atoms with Crippen molar-refractivity contribution in [2.24, 2.45) is 0 Å². The van der Waals surface area contributed by atoms with Crippen LogP contribution in [0.1, 0.15) is 0 Å². The van der Waals surface area contributed by atoms with Crippen LogP contribution in [0.5, 0.6) is 0 Å². The van der Waals surface area contributed by atoms with E-state index in [-0.39, 0.29) is 0 Å². The maximum atomic E-state index is 5.93. The molecule has 0 saturated carbocycles. The van der Waals surface area contributed by atoms with Gasteiger partial charge in [-0.15, -0.1) is 0 Å². The molecule has 0 aliphatic rings. The van der Waals surface area contributed by atoms with Gasteiger partial charge in [0.2, 0.25) is 0 Å². The first kappa shape index (κ1) is 7.77. The van der Waals surface area contributed by atoms with Crippen LogP contribution in [0.25, 0.3) is 10.9 Å². The molecule has 2 nitrogen and oxygen atoms in total. The minimum atomic E-state index is 0.468. The summed E-state index contributed by atoms with van der Waals surface area (Å²) in [6.45, 7) is 0. The highest BCUT2D eigenvalue weighted by molar-refractivity contribution is 6.44. The van der Waals surface area contributed by atoms with Crippen LogP contribution in [0.2, 0.25) is 10.0 Å². The zero-order chi connectivity index (χ0) is 8.55. The summed E-state index contributed by atoms with van der Waals surface area (Å²) in [5.74, 6) is 0. The molecule has 0 radical (unpaired) electrons. The summed E-state index contributed by atoms with van der Waals surface area (Å²) >= 11 is 11.7. The van der Waals surface area contributed by atoms with Crippen molar-refractivity contribution < 1.29 is 0 Å². The second-order valence-electron chi connectivity index (χ2n) is 2.31. The molecule has 0 aliphatic heterocycles. The highest BCUT2D eigenvalue weighted by atomic mass is 35.5. The molecule has 0 aliphatic carbocycles. The standard InChI is InChI=1S/C8H4Cl2N2/c9-6-3-12-7-4-11-2-1-5(7)8(6)10/h1-4H. The first-order valence-corrected chi connectivity index (χ1v) is 4.08. The van der Waals surface area contributed by atoms with Crippen LogP contribution in [-0.2, 0) is 0 Å². The van der Waals surface area contributed by atoms with E-state index in [0.717, 1.165) is 10.9 Å². The number of hydrogen-bond acceptors (Lipinski definition) is 2. The molecule has 2 heterocycles. The van der Waals surface area contributed by atoms with Crippen molar-refractivity contribution in [1.29, 1.82) is 0 Å². The van der Waals surface area contributed by atoms with Gasteiger partial charge < -0.3 is 0 Å². The van der Waals surface area contributed by atoms with Gasteiger partial charge in [-0.1, -0.05) is 23.2 Å². The van der Waals surface area contributed by atoms with Crippen molar-refractivity contribution in [2.45, 2.75) is 0 Å². The Bertz CT molecular complexity index is 428. The van der Waals surface area contributed by atoms with Crippen molar-refractivity contribution in [2.75, 3.05) is 0 Å². The molecule has 2 rings (SSSR count). The molecule has 0 bridgehead atoms. The summed E-state index contributed by atoms with van der Waals surface area (Å²) in [5.41, 5.74) is 0.756. The van der Waals surface area contributed by atoms with Crippen molar-refractivity contribution in [3.63, 3.8) is 0 Å². The Kier molecular flexibility index (Phi) is 1.87. The second kappa shape index (κ2) is 2.88. The molecule has 0 spiro atoms. The van der Waals surface area contributed by atoms with Gasteiger partial charge in [0.1, 0.15) is 0 Å². The van der Waals surface area contributed by atoms with E-state index in [1.54, 1.807) is 18.5 Å². The minimum Gasteiger partial charge on any atom is -0.262 e. The lowest BCUT2D eigenvalue weighted by molar-refractivity contribution is 1.31. The van der Waals surface area contributed by atoms with Gasteiger partial charge in [0, 0.05) is 17.8 Å². The number of pyridine rings is 2. The molecule has 0 fully saturated rings. The van der Waals surface area contributed by atoms with Gasteiger partial charge in [-0.05, 0) is 6.07 Å². The van der Waals surface area contributed by atoms with Crippen LogP contribution < -0.4 is 0 Å². The Hall–Kier alpha value is -0.860. The zero-order valence-corrected chi connectivity index (χ0v) is 7.47. The van der Waals surface area contributed by atoms with Crippen LogP contribution in [0.15, 0.2) is 24.7 Å². The van der Waals surface area contributed by atoms with Crippen molar-refractivity contribution in [3.8, 4) is 0 Å². The van der Waals surface area contributed by atoms with E-state index in [0.29, 0.717) is 10.0 Å². The maximum absolute atomic E-state index is 5.93. The number of hydrogen-bond donors (Lipinski definition) is 0. The van der Waals surface area contributed by atoms with Crippen LogP contribution >= 0.6 is 23.2 Å². The van der Waals surface area contributed by atoms with E-state index in [1.807, 2.05) is 0 Å². The average Bonchev–Trinajstić information content (AvgIpc) is 2.12. The quantitative estimate of drug-likeness (QED) is 0.651. The molecule has 0 N–H and O–H groups in total. The van der Waals surface area contributed by atoms with Gasteiger partial charge in [-0.25, -0.2) is 0 Å². The molecule has 60 valence electrons. The zero-order valence-electron chi connectivity index (χ0n) is 5.96. The first-order valence-electron chi connectivity index (χ1n) is 3.33. The maximum Gasteiger partial charge on any atom is 0.0901 e. The predicted octanol–water partition coefficient (Wildman–Crippen LogP) is 2.94. The Labute approximate surface area is 79.2 Å². The molecule has 0 atom stereocenters. The molecule has 2 aromatic rings. The lowest BCUT2D eigenvalue weighted by atomic mass is 10.3. The minimum absolute atomic E-state index is 0.468. The fourth-order valence-electron chi connectivity index (χ4n) is 0.986. The van der Waals surface area contributed by atoms with Gasteiger partial charge in [-0.2, -0.15) is 0 Å². The number of aromatic nitrogens is 2. The molecule has 0 aromatic carbocycles. The van der Waals surface area contributed by atoms with E-state index >= 15 is 0 Å².